The molecule has 5 heteroatoms. The van der Waals surface area contributed by atoms with Gasteiger partial charge in [-0.05, 0) is 23.5 Å². The molecule has 0 aromatic heterocycles. The van der Waals surface area contributed by atoms with E-state index in [4.69, 9.17) is 0 Å². The molecule has 1 amide bonds. The number of amidine groups is 1. The molecule has 1 N–H and O–H groups in total. The van der Waals surface area contributed by atoms with Crippen molar-refractivity contribution in [3.8, 4) is 0 Å². The van der Waals surface area contributed by atoms with E-state index >= 15 is 0 Å². The topological polar surface area (TPSA) is 53.8 Å². The minimum absolute atomic E-state index is 0.0323. The Morgan fingerprint density at radius 3 is 2.71 bits per heavy atom. The molecule has 0 bridgehead atoms. The first kappa shape index (κ1) is 15.5. The lowest BCUT2D eigenvalue weighted by Gasteiger charge is -2.03. The Hall–Kier alpha value is -1.88. The van der Waals surface area contributed by atoms with Crippen LogP contribution in [0.2, 0.25) is 0 Å². The fourth-order valence-electron chi connectivity index (χ4n) is 1.87. The highest BCUT2D eigenvalue weighted by molar-refractivity contribution is 8.15. The second-order valence-corrected chi connectivity index (χ2v) is 6.28. The zero-order valence-electron chi connectivity index (χ0n) is 12.2. The third-order valence-electron chi connectivity index (χ3n) is 3.12. The van der Waals surface area contributed by atoms with Crippen LogP contribution < -0.4 is 5.32 Å². The van der Waals surface area contributed by atoms with Crippen molar-refractivity contribution in [1.29, 1.82) is 0 Å². The summed E-state index contributed by atoms with van der Waals surface area (Å²) in [4.78, 5) is 11.6. The average molecular weight is 301 g/mol. The third kappa shape index (κ3) is 4.29. The van der Waals surface area contributed by atoms with Gasteiger partial charge in [0, 0.05) is 0 Å². The predicted molar refractivity (Wildman–Crippen MR) is 89.9 cm³/mol. The van der Waals surface area contributed by atoms with Crippen molar-refractivity contribution < 1.29 is 4.79 Å². The molecule has 1 aromatic carbocycles. The van der Waals surface area contributed by atoms with E-state index in [0.29, 0.717) is 17.5 Å². The lowest BCUT2D eigenvalue weighted by atomic mass is 10.0. The molecule has 110 valence electrons. The summed E-state index contributed by atoms with van der Waals surface area (Å²) in [5.74, 6) is 0.485. The second kappa shape index (κ2) is 7.22. The first-order chi connectivity index (χ1) is 10.1. The minimum atomic E-state index is -0.137. The molecular formula is C16H19N3OS. The van der Waals surface area contributed by atoms with Gasteiger partial charge in [-0.2, -0.15) is 5.10 Å². The minimum Gasteiger partial charge on any atom is -0.303 e. The van der Waals surface area contributed by atoms with Crippen LogP contribution >= 0.6 is 11.8 Å². The molecule has 1 aliphatic rings. The number of rotatable bonds is 5. The van der Waals surface area contributed by atoms with E-state index in [0.717, 1.165) is 5.56 Å². The SMILES string of the molecule is C=CC[C@@H]1S/C(=N/N=C/c2ccc(C(C)C)cc2)NC1=O. The van der Waals surface area contributed by atoms with Gasteiger partial charge in [-0.1, -0.05) is 56.0 Å². The number of nitrogens with zero attached hydrogens (tertiary/aromatic N) is 2. The number of nitrogens with one attached hydrogen (secondary N) is 1. The number of hydrogen-bond acceptors (Lipinski definition) is 4. The smallest absolute Gasteiger partial charge is 0.239 e. The van der Waals surface area contributed by atoms with Crippen LogP contribution in [-0.2, 0) is 4.79 Å². The molecule has 1 fully saturated rings. The van der Waals surface area contributed by atoms with E-state index in [-0.39, 0.29) is 11.2 Å². The molecule has 1 saturated heterocycles. The molecule has 1 aromatic rings. The van der Waals surface area contributed by atoms with Gasteiger partial charge in [0.05, 0.1) is 11.5 Å². The largest absolute Gasteiger partial charge is 0.303 e. The number of carbonyl (C=O) groups is 1. The number of carbonyl (C=O) groups excluding carboxylic acids is 1. The van der Waals surface area contributed by atoms with Crippen molar-refractivity contribution >= 4 is 29.1 Å². The monoisotopic (exact) mass is 301 g/mol. The molecule has 1 heterocycles. The van der Waals surface area contributed by atoms with Crippen LogP contribution in [0, 0.1) is 0 Å². The molecule has 2 rings (SSSR count). The lowest BCUT2D eigenvalue weighted by molar-refractivity contribution is -0.118. The van der Waals surface area contributed by atoms with Crippen molar-refractivity contribution in [3.63, 3.8) is 0 Å². The quantitative estimate of drug-likeness (QED) is 0.515. The summed E-state index contributed by atoms with van der Waals surface area (Å²) in [6.07, 6.45) is 4.06. The van der Waals surface area contributed by atoms with Crippen molar-refractivity contribution in [2.45, 2.75) is 31.4 Å². The van der Waals surface area contributed by atoms with Gasteiger partial charge in [0.1, 0.15) is 0 Å². The Kier molecular flexibility index (Phi) is 5.33. The van der Waals surface area contributed by atoms with Crippen LogP contribution in [0.5, 0.6) is 0 Å². The summed E-state index contributed by atoms with van der Waals surface area (Å²) < 4.78 is 0. The number of thioether (sulfide) groups is 1. The van der Waals surface area contributed by atoms with Gasteiger partial charge in [0.2, 0.25) is 5.91 Å². The van der Waals surface area contributed by atoms with Crippen LogP contribution in [0.4, 0.5) is 0 Å². The van der Waals surface area contributed by atoms with Crippen molar-refractivity contribution in [1.82, 2.24) is 5.32 Å². The van der Waals surface area contributed by atoms with Gasteiger partial charge in [-0.15, -0.1) is 11.7 Å². The maximum atomic E-state index is 11.6. The Morgan fingerprint density at radius 2 is 2.10 bits per heavy atom. The third-order valence-corrected chi connectivity index (χ3v) is 4.21. The maximum Gasteiger partial charge on any atom is 0.239 e. The molecule has 1 aliphatic heterocycles. The summed E-state index contributed by atoms with van der Waals surface area (Å²) in [6.45, 7) is 7.96. The standard InChI is InChI=1S/C16H19N3OS/c1-4-5-14-15(20)18-16(21-14)19-17-10-12-6-8-13(9-7-12)11(2)3/h4,6-11,14H,1,5H2,2-3H3,(H,18,19,20)/b17-10+/t14-/m0/s1. The fourth-order valence-corrected chi connectivity index (χ4v) is 2.80. The molecule has 0 unspecified atom stereocenters. The highest BCUT2D eigenvalue weighted by Crippen LogP contribution is 2.22. The molecule has 1 atom stereocenters. The second-order valence-electron chi connectivity index (χ2n) is 5.09. The Labute approximate surface area is 129 Å². The molecule has 0 radical (unpaired) electrons. The van der Waals surface area contributed by atoms with Crippen molar-refractivity contribution in [3.05, 3.63) is 48.0 Å². The van der Waals surface area contributed by atoms with Crippen molar-refractivity contribution in [2.24, 2.45) is 10.2 Å². The van der Waals surface area contributed by atoms with Gasteiger partial charge >= 0.3 is 0 Å². The molecule has 21 heavy (non-hydrogen) atoms. The van der Waals surface area contributed by atoms with Crippen LogP contribution in [0.3, 0.4) is 0 Å². The van der Waals surface area contributed by atoms with Crippen molar-refractivity contribution in [2.75, 3.05) is 0 Å². The Balaban J connectivity index is 1.97. The average Bonchev–Trinajstić information content (AvgIpc) is 2.80. The maximum absolute atomic E-state index is 11.6. The summed E-state index contributed by atoms with van der Waals surface area (Å²) in [5.41, 5.74) is 2.28. The van der Waals surface area contributed by atoms with Crippen LogP contribution in [-0.4, -0.2) is 22.5 Å². The van der Waals surface area contributed by atoms with Gasteiger partial charge < -0.3 is 5.32 Å². The van der Waals surface area contributed by atoms with Gasteiger partial charge in [0.25, 0.3) is 0 Å². The first-order valence-electron chi connectivity index (χ1n) is 6.89. The molecular weight excluding hydrogens is 282 g/mol. The summed E-state index contributed by atoms with van der Waals surface area (Å²) in [6, 6.07) is 8.20. The number of amides is 1. The van der Waals surface area contributed by atoms with Gasteiger partial charge in [-0.3, -0.25) is 4.79 Å². The van der Waals surface area contributed by atoms with E-state index in [9.17, 15) is 4.79 Å². The van der Waals surface area contributed by atoms with E-state index in [1.54, 1.807) is 12.3 Å². The van der Waals surface area contributed by atoms with E-state index in [1.807, 2.05) is 12.1 Å². The van der Waals surface area contributed by atoms with Crippen LogP contribution in [0.15, 0.2) is 47.1 Å². The molecule has 0 aliphatic carbocycles. The Morgan fingerprint density at radius 1 is 1.38 bits per heavy atom. The number of benzene rings is 1. The van der Waals surface area contributed by atoms with Crippen LogP contribution in [0.25, 0.3) is 0 Å². The van der Waals surface area contributed by atoms with Gasteiger partial charge in [0.15, 0.2) is 5.17 Å². The normalized spacial score (nSPS) is 20.4. The first-order valence-corrected chi connectivity index (χ1v) is 7.77. The number of allylic oxidation sites excluding steroid dienone is 1. The Bertz CT molecular complexity index is 576. The van der Waals surface area contributed by atoms with Gasteiger partial charge in [-0.25, -0.2) is 0 Å². The molecule has 4 nitrogen and oxygen atoms in total. The van der Waals surface area contributed by atoms with E-state index < -0.39 is 0 Å². The summed E-state index contributed by atoms with van der Waals surface area (Å²) in [7, 11) is 0. The predicted octanol–water partition coefficient (Wildman–Crippen LogP) is 3.31. The molecule has 0 spiro atoms. The highest BCUT2D eigenvalue weighted by atomic mass is 32.2. The van der Waals surface area contributed by atoms with E-state index in [1.165, 1.54) is 17.3 Å². The van der Waals surface area contributed by atoms with Crippen LogP contribution in [0.1, 0.15) is 37.3 Å². The zero-order valence-corrected chi connectivity index (χ0v) is 13.1. The fraction of sp³-hybridized carbons (Fsp3) is 0.312. The zero-order chi connectivity index (χ0) is 15.2. The molecule has 0 saturated carbocycles. The van der Waals surface area contributed by atoms with E-state index in [2.05, 4.69) is 48.1 Å². The lowest BCUT2D eigenvalue weighted by Crippen LogP contribution is -2.24. The summed E-state index contributed by atoms with van der Waals surface area (Å²) >= 11 is 1.39. The number of hydrogen-bond donors (Lipinski definition) is 1. The highest BCUT2D eigenvalue weighted by Gasteiger charge is 2.28. The summed E-state index contributed by atoms with van der Waals surface area (Å²) in [5, 5.41) is 11.2.